The molecule has 0 spiro atoms. The highest BCUT2D eigenvalue weighted by Gasteiger charge is 2.23. The quantitative estimate of drug-likeness (QED) is 0.452. The van der Waals surface area contributed by atoms with Gasteiger partial charge in [-0.25, -0.2) is 19.5 Å². The van der Waals surface area contributed by atoms with Gasteiger partial charge in [0, 0.05) is 18.1 Å². The number of aryl methyl sites for hydroxylation is 1. The first kappa shape index (κ1) is 17.6. The van der Waals surface area contributed by atoms with Gasteiger partial charge in [0.1, 0.15) is 22.9 Å². The van der Waals surface area contributed by atoms with Gasteiger partial charge in [0.25, 0.3) is 0 Å². The predicted octanol–water partition coefficient (Wildman–Crippen LogP) is 5.44. The molecule has 134 valence electrons. The molecule has 7 heteroatoms. The summed E-state index contributed by atoms with van der Waals surface area (Å²) in [5.41, 5.74) is 2.79. The summed E-state index contributed by atoms with van der Waals surface area (Å²) in [6.45, 7) is 3.24. The molecule has 27 heavy (non-hydrogen) atoms. The number of hydrogen-bond acceptors (Lipinski definition) is 4. The minimum Gasteiger partial charge on any atom is -0.274 e. The molecule has 0 bridgehead atoms. The minimum atomic E-state index is -0.189. The summed E-state index contributed by atoms with van der Waals surface area (Å²) >= 11 is 12.8. The number of halogens is 2. The number of aromatic nitrogens is 4. The second-order valence-electron chi connectivity index (χ2n) is 6.04. The Kier molecular flexibility index (Phi) is 4.42. The van der Waals surface area contributed by atoms with E-state index in [1.165, 1.54) is 11.5 Å². The van der Waals surface area contributed by atoms with Crippen molar-refractivity contribution in [1.82, 2.24) is 19.5 Å². The molecular weight excluding hydrogens is 383 g/mol. The highest BCUT2D eigenvalue weighted by Crippen LogP contribution is 2.37. The van der Waals surface area contributed by atoms with Crippen LogP contribution in [0.2, 0.25) is 10.0 Å². The zero-order chi connectivity index (χ0) is 19.1. The van der Waals surface area contributed by atoms with E-state index < -0.39 is 0 Å². The standard InChI is InChI=1S/C20H14Cl2N4O/c1-11-23-17(16-14(21)9-6-10-15(16)22)18-20(24-11)26(12(2)27)19(25-18)13-7-4-3-5-8-13/h3-10H,1-2H3. The van der Waals surface area contributed by atoms with Crippen LogP contribution in [-0.4, -0.2) is 25.4 Å². The molecule has 4 rings (SSSR count). The second-order valence-corrected chi connectivity index (χ2v) is 6.86. The van der Waals surface area contributed by atoms with Crippen LogP contribution in [0.25, 0.3) is 33.8 Å². The van der Waals surface area contributed by atoms with Crippen molar-refractivity contribution >= 4 is 40.3 Å². The van der Waals surface area contributed by atoms with E-state index in [4.69, 9.17) is 28.2 Å². The highest BCUT2D eigenvalue weighted by atomic mass is 35.5. The number of fused-ring (bicyclic) bond motifs is 1. The number of imidazole rings is 1. The number of carbonyl (C=O) groups is 1. The molecule has 0 aliphatic heterocycles. The Hall–Kier alpha value is -2.76. The van der Waals surface area contributed by atoms with Crippen molar-refractivity contribution in [3.8, 4) is 22.6 Å². The third-order valence-corrected chi connectivity index (χ3v) is 4.80. The van der Waals surface area contributed by atoms with E-state index in [9.17, 15) is 4.79 Å². The number of hydrogen-bond donors (Lipinski definition) is 0. The molecule has 0 atom stereocenters. The largest absolute Gasteiger partial charge is 0.274 e. The Balaban J connectivity index is 2.13. The first-order chi connectivity index (χ1) is 13.0. The summed E-state index contributed by atoms with van der Waals surface area (Å²) in [7, 11) is 0. The van der Waals surface area contributed by atoms with E-state index in [0.29, 0.717) is 44.1 Å². The predicted molar refractivity (Wildman–Crippen MR) is 107 cm³/mol. The third-order valence-electron chi connectivity index (χ3n) is 4.17. The van der Waals surface area contributed by atoms with Gasteiger partial charge in [-0.3, -0.25) is 4.79 Å². The van der Waals surface area contributed by atoms with Crippen LogP contribution in [0, 0.1) is 6.92 Å². The van der Waals surface area contributed by atoms with Crippen LogP contribution < -0.4 is 0 Å². The highest BCUT2D eigenvalue weighted by molar-refractivity contribution is 6.39. The number of carbonyl (C=O) groups excluding carboxylic acids is 1. The van der Waals surface area contributed by atoms with Gasteiger partial charge in [0.05, 0.1) is 10.0 Å². The molecule has 2 aromatic carbocycles. The van der Waals surface area contributed by atoms with Gasteiger partial charge >= 0.3 is 0 Å². The molecule has 2 aromatic heterocycles. The summed E-state index contributed by atoms with van der Waals surface area (Å²) in [5.74, 6) is 0.809. The first-order valence-corrected chi connectivity index (χ1v) is 9.01. The van der Waals surface area contributed by atoms with Crippen LogP contribution >= 0.6 is 23.2 Å². The second kappa shape index (κ2) is 6.76. The molecule has 0 saturated carbocycles. The smallest absolute Gasteiger partial charge is 0.230 e. The van der Waals surface area contributed by atoms with Gasteiger partial charge in [0.15, 0.2) is 5.65 Å². The lowest BCUT2D eigenvalue weighted by molar-refractivity contribution is 0.0942. The fourth-order valence-electron chi connectivity index (χ4n) is 3.04. The molecule has 5 nitrogen and oxygen atoms in total. The van der Waals surface area contributed by atoms with Crippen molar-refractivity contribution in [2.75, 3.05) is 0 Å². The van der Waals surface area contributed by atoms with Crippen molar-refractivity contribution in [3.63, 3.8) is 0 Å². The Morgan fingerprint density at radius 3 is 2.22 bits per heavy atom. The van der Waals surface area contributed by atoms with Crippen molar-refractivity contribution < 1.29 is 4.79 Å². The lowest BCUT2D eigenvalue weighted by Crippen LogP contribution is -2.09. The molecule has 0 aliphatic carbocycles. The van der Waals surface area contributed by atoms with Crippen LogP contribution in [0.5, 0.6) is 0 Å². The van der Waals surface area contributed by atoms with E-state index in [-0.39, 0.29) is 5.91 Å². The Morgan fingerprint density at radius 1 is 0.926 bits per heavy atom. The van der Waals surface area contributed by atoms with Crippen molar-refractivity contribution in [2.45, 2.75) is 13.8 Å². The maximum atomic E-state index is 12.4. The molecule has 0 fully saturated rings. The van der Waals surface area contributed by atoms with Crippen LogP contribution in [0.3, 0.4) is 0 Å². The first-order valence-electron chi connectivity index (χ1n) is 8.25. The van der Waals surface area contributed by atoms with Gasteiger partial charge in [-0.2, -0.15) is 0 Å². The van der Waals surface area contributed by atoms with E-state index in [1.807, 2.05) is 30.3 Å². The molecular formula is C20H14Cl2N4O. The summed E-state index contributed by atoms with van der Waals surface area (Å²) in [5, 5.41) is 0.918. The van der Waals surface area contributed by atoms with Crippen LogP contribution in [-0.2, 0) is 0 Å². The fourth-order valence-corrected chi connectivity index (χ4v) is 3.62. The van der Waals surface area contributed by atoms with Gasteiger partial charge in [-0.1, -0.05) is 59.6 Å². The lowest BCUT2D eigenvalue weighted by atomic mass is 10.1. The molecule has 0 aliphatic rings. The molecule has 0 radical (unpaired) electrons. The number of rotatable bonds is 2. The van der Waals surface area contributed by atoms with E-state index >= 15 is 0 Å². The van der Waals surface area contributed by atoms with Crippen LogP contribution in [0.4, 0.5) is 0 Å². The Morgan fingerprint density at radius 2 is 1.59 bits per heavy atom. The van der Waals surface area contributed by atoms with Crippen LogP contribution in [0.1, 0.15) is 17.5 Å². The Bertz CT molecular complexity index is 1170. The zero-order valence-electron chi connectivity index (χ0n) is 14.6. The monoisotopic (exact) mass is 396 g/mol. The van der Waals surface area contributed by atoms with Crippen molar-refractivity contribution in [2.24, 2.45) is 0 Å². The van der Waals surface area contributed by atoms with Gasteiger partial charge in [0.2, 0.25) is 5.91 Å². The van der Waals surface area contributed by atoms with Crippen LogP contribution in [0.15, 0.2) is 48.5 Å². The summed E-state index contributed by atoms with van der Waals surface area (Å²) in [6, 6.07) is 14.7. The third kappa shape index (κ3) is 2.99. The van der Waals surface area contributed by atoms with Gasteiger partial charge in [-0.05, 0) is 19.1 Å². The minimum absolute atomic E-state index is 0.189. The molecule has 0 N–H and O–H groups in total. The molecule has 2 heterocycles. The normalized spacial score (nSPS) is 11.1. The van der Waals surface area contributed by atoms with E-state index in [2.05, 4.69) is 9.97 Å². The molecule has 0 amide bonds. The van der Waals surface area contributed by atoms with Gasteiger partial charge < -0.3 is 0 Å². The Labute approximate surface area is 165 Å². The summed E-state index contributed by atoms with van der Waals surface area (Å²) in [6.07, 6.45) is 0. The lowest BCUT2D eigenvalue weighted by Gasteiger charge is -2.08. The maximum absolute atomic E-state index is 12.4. The fraction of sp³-hybridized carbons (Fsp3) is 0.100. The molecule has 0 saturated heterocycles. The van der Waals surface area contributed by atoms with E-state index in [0.717, 1.165) is 5.56 Å². The zero-order valence-corrected chi connectivity index (χ0v) is 16.1. The van der Waals surface area contributed by atoms with Crippen molar-refractivity contribution in [3.05, 3.63) is 64.4 Å². The number of nitrogens with zero attached hydrogens (tertiary/aromatic N) is 4. The SMILES string of the molecule is CC(=O)n1c(-c2ccccc2)nc2c(-c3c(Cl)cccc3Cl)nc(C)nc21. The average molecular weight is 397 g/mol. The average Bonchev–Trinajstić information content (AvgIpc) is 3.01. The number of benzene rings is 2. The maximum Gasteiger partial charge on any atom is 0.230 e. The summed E-state index contributed by atoms with van der Waals surface area (Å²) < 4.78 is 1.49. The van der Waals surface area contributed by atoms with Crippen molar-refractivity contribution in [1.29, 1.82) is 0 Å². The van der Waals surface area contributed by atoms with Gasteiger partial charge in [-0.15, -0.1) is 0 Å². The summed E-state index contributed by atoms with van der Waals surface area (Å²) in [4.78, 5) is 26.1. The topological polar surface area (TPSA) is 60.7 Å². The molecule has 0 unspecified atom stereocenters. The van der Waals surface area contributed by atoms with E-state index in [1.54, 1.807) is 25.1 Å². The molecule has 4 aromatic rings.